The Hall–Kier alpha value is -4.40. The van der Waals surface area contributed by atoms with Crippen LogP contribution in [0.5, 0.6) is 0 Å². The van der Waals surface area contributed by atoms with Crippen LogP contribution in [0.25, 0.3) is 22.2 Å². The van der Waals surface area contributed by atoms with Gasteiger partial charge in [-0.15, -0.1) is 0 Å². The molecule has 1 aliphatic heterocycles. The van der Waals surface area contributed by atoms with Gasteiger partial charge in [-0.3, -0.25) is 15.1 Å². The van der Waals surface area contributed by atoms with Crippen LogP contribution in [0.4, 0.5) is 16.4 Å². The average molecular weight is 470 g/mol. The molecule has 4 aromatic rings. The minimum absolute atomic E-state index is 0.0645. The molecule has 178 valence electrons. The van der Waals surface area contributed by atoms with Gasteiger partial charge in [0.15, 0.2) is 0 Å². The van der Waals surface area contributed by atoms with Crippen molar-refractivity contribution < 1.29 is 4.79 Å². The van der Waals surface area contributed by atoms with E-state index in [1.165, 1.54) is 0 Å². The minimum Gasteiger partial charge on any atom is -0.338 e. The monoisotopic (exact) mass is 469 g/mol. The van der Waals surface area contributed by atoms with Crippen molar-refractivity contribution in [2.45, 2.75) is 26.8 Å². The van der Waals surface area contributed by atoms with Crippen molar-refractivity contribution >= 4 is 34.9 Å². The molecule has 0 atom stereocenters. The van der Waals surface area contributed by atoms with Gasteiger partial charge in [0, 0.05) is 37.5 Å². The van der Waals surface area contributed by atoms with E-state index in [0.29, 0.717) is 24.6 Å². The minimum atomic E-state index is -0.329. The number of urea groups is 1. The van der Waals surface area contributed by atoms with E-state index in [-0.39, 0.29) is 11.6 Å². The summed E-state index contributed by atoms with van der Waals surface area (Å²) in [6, 6.07) is 17.2. The first kappa shape index (κ1) is 22.4. The number of aromatic nitrogens is 3. The predicted octanol–water partition coefficient (Wildman–Crippen LogP) is 4.09. The third-order valence-corrected chi connectivity index (χ3v) is 5.96. The van der Waals surface area contributed by atoms with Gasteiger partial charge in [-0.1, -0.05) is 30.3 Å². The average Bonchev–Trinajstić information content (AvgIpc) is 3.51. The van der Waals surface area contributed by atoms with Crippen molar-refractivity contribution in [1.29, 1.82) is 0 Å². The summed E-state index contributed by atoms with van der Waals surface area (Å²) < 4.78 is 1.77. The van der Waals surface area contributed by atoms with Crippen LogP contribution in [0, 0.1) is 6.92 Å². The largest absolute Gasteiger partial charge is 0.338 e. The number of rotatable bonds is 6. The van der Waals surface area contributed by atoms with E-state index in [2.05, 4.69) is 25.7 Å². The maximum atomic E-state index is 13.1. The number of carbonyl (C=O) groups is 1. The SMILES string of the molecule is CCNC(=O)Nc1nc2cc(-c3cc(C)n(Cc4ccccc4)c(=O)c3)cc(N3CCC=N3)c2[nH]1. The molecule has 5 rings (SSSR count). The molecule has 1 aliphatic rings. The van der Waals surface area contributed by atoms with Crippen molar-refractivity contribution in [3.63, 3.8) is 0 Å². The number of aromatic amines is 1. The predicted molar refractivity (Wildman–Crippen MR) is 139 cm³/mol. The Morgan fingerprint density at radius 3 is 2.63 bits per heavy atom. The zero-order chi connectivity index (χ0) is 24.4. The van der Waals surface area contributed by atoms with E-state index in [4.69, 9.17) is 0 Å². The number of hydrogen-bond acceptors (Lipinski definition) is 5. The first-order chi connectivity index (χ1) is 17.0. The van der Waals surface area contributed by atoms with Gasteiger partial charge in [0.05, 0.1) is 23.3 Å². The summed E-state index contributed by atoms with van der Waals surface area (Å²) in [6.07, 6.45) is 2.72. The smallest absolute Gasteiger partial charge is 0.321 e. The Labute approximate surface area is 202 Å². The zero-order valence-corrected chi connectivity index (χ0v) is 19.7. The third kappa shape index (κ3) is 4.65. The molecule has 0 spiro atoms. The number of nitrogens with one attached hydrogen (secondary N) is 3. The highest BCUT2D eigenvalue weighted by atomic mass is 16.2. The first-order valence-electron chi connectivity index (χ1n) is 11.7. The molecule has 0 saturated carbocycles. The van der Waals surface area contributed by atoms with Gasteiger partial charge in [-0.25, -0.2) is 9.78 Å². The molecule has 3 N–H and O–H groups in total. The summed E-state index contributed by atoms with van der Waals surface area (Å²) in [5.41, 5.74) is 5.84. The second-order valence-electron chi connectivity index (χ2n) is 8.46. The molecule has 2 aromatic carbocycles. The molecule has 9 nitrogen and oxygen atoms in total. The Morgan fingerprint density at radius 2 is 1.91 bits per heavy atom. The number of anilines is 2. The summed E-state index contributed by atoms with van der Waals surface area (Å²) in [4.78, 5) is 32.9. The standard InChI is InChI=1S/C26H27N7O2/c1-3-27-26(35)31-25-29-21-13-20(14-22(24(21)30-25)33-11-7-10-28-33)19-12-17(2)32(23(34)15-19)16-18-8-5-4-6-9-18/h4-6,8-10,12-15H,3,7,11,16H2,1-2H3,(H3,27,29,30,31,35). The molecule has 0 radical (unpaired) electrons. The lowest BCUT2D eigenvalue weighted by Gasteiger charge is -2.17. The number of amides is 2. The molecule has 2 amide bonds. The van der Waals surface area contributed by atoms with Crippen LogP contribution in [-0.2, 0) is 6.54 Å². The Bertz CT molecular complexity index is 1470. The topological polar surface area (TPSA) is 107 Å². The third-order valence-electron chi connectivity index (χ3n) is 5.96. The van der Waals surface area contributed by atoms with Crippen LogP contribution < -0.4 is 21.2 Å². The molecule has 0 aliphatic carbocycles. The van der Waals surface area contributed by atoms with Crippen molar-refractivity contribution in [1.82, 2.24) is 19.9 Å². The lowest BCUT2D eigenvalue weighted by Crippen LogP contribution is -2.28. The highest BCUT2D eigenvalue weighted by Crippen LogP contribution is 2.34. The van der Waals surface area contributed by atoms with Crippen LogP contribution in [0.15, 0.2) is 64.5 Å². The van der Waals surface area contributed by atoms with E-state index in [1.54, 1.807) is 10.6 Å². The van der Waals surface area contributed by atoms with Crippen LogP contribution in [0.3, 0.4) is 0 Å². The van der Waals surface area contributed by atoms with E-state index >= 15 is 0 Å². The first-order valence-corrected chi connectivity index (χ1v) is 11.7. The van der Waals surface area contributed by atoms with Gasteiger partial charge in [-0.05, 0) is 48.7 Å². The summed E-state index contributed by atoms with van der Waals surface area (Å²) in [6.45, 7) is 5.57. The van der Waals surface area contributed by atoms with Gasteiger partial charge < -0.3 is 14.9 Å². The highest BCUT2D eigenvalue weighted by molar-refractivity contribution is 5.97. The number of H-pyrrole nitrogens is 1. The fourth-order valence-electron chi connectivity index (χ4n) is 4.28. The van der Waals surface area contributed by atoms with Crippen LogP contribution >= 0.6 is 0 Å². The highest BCUT2D eigenvalue weighted by Gasteiger charge is 2.18. The fourth-order valence-corrected chi connectivity index (χ4v) is 4.28. The summed E-state index contributed by atoms with van der Waals surface area (Å²) >= 11 is 0. The molecule has 9 heteroatoms. The second-order valence-corrected chi connectivity index (χ2v) is 8.46. The van der Waals surface area contributed by atoms with Crippen molar-refractivity contribution in [3.8, 4) is 11.1 Å². The molecule has 0 bridgehead atoms. The maximum absolute atomic E-state index is 13.1. The van der Waals surface area contributed by atoms with Crippen molar-refractivity contribution in [2.24, 2.45) is 5.10 Å². The number of pyridine rings is 1. The van der Waals surface area contributed by atoms with Crippen molar-refractivity contribution in [2.75, 3.05) is 23.4 Å². The molecule has 2 aromatic heterocycles. The quantitative estimate of drug-likeness (QED) is 0.395. The summed E-state index contributed by atoms with van der Waals surface area (Å²) in [7, 11) is 0. The van der Waals surface area contributed by atoms with Crippen LogP contribution in [0.2, 0.25) is 0 Å². The molecular weight excluding hydrogens is 442 g/mol. The summed E-state index contributed by atoms with van der Waals surface area (Å²) in [5, 5.41) is 11.8. The maximum Gasteiger partial charge on any atom is 0.321 e. The number of aryl methyl sites for hydroxylation is 1. The van der Waals surface area contributed by atoms with E-state index in [1.807, 2.05) is 73.6 Å². The second kappa shape index (κ2) is 9.46. The Kier molecular flexibility index (Phi) is 6.05. The molecule has 35 heavy (non-hydrogen) atoms. The lowest BCUT2D eigenvalue weighted by atomic mass is 10.0. The van der Waals surface area contributed by atoms with Crippen LogP contribution in [-0.4, -0.2) is 39.9 Å². The number of nitrogens with zero attached hydrogens (tertiary/aromatic N) is 4. The number of benzene rings is 2. The normalized spacial score (nSPS) is 12.9. The van der Waals surface area contributed by atoms with Crippen molar-refractivity contribution in [3.05, 3.63) is 76.2 Å². The van der Waals surface area contributed by atoms with Gasteiger partial charge >= 0.3 is 6.03 Å². The van der Waals surface area contributed by atoms with E-state index in [0.717, 1.165) is 46.6 Å². The van der Waals surface area contributed by atoms with E-state index in [9.17, 15) is 9.59 Å². The van der Waals surface area contributed by atoms with Gasteiger partial charge in [0.1, 0.15) is 0 Å². The van der Waals surface area contributed by atoms with E-state index < -0.39 is 0 Å². The number of imidazole rings is 1. The molecule has 0 saturated heterocycles. The number of hydrogen-bond donors (Lipinski definition) is 3. The van der Waals surface area contributed by atoms with Gasteiger partial charge in [0.25, 0.3) is 5.56 Å². The Balaban J connectivity index is 1.56. The molecule has 3 heterocycles. The van der Waals surface area contributed by atoms with Gasteiger partial charge in [-0.2, -0.15) is 5.10 Å². The number of carbonyl (C=O) groups excluding carboxylic acids is 1. The van der Waals surface area contributed by atoms with Gasteiger partial charge in [0.2, 0.25) is 5.95 Å². The lowest BCUT2D eigenvalue weighted by molar-refractivity contribution is 0.252. The number of fused-ring (bicyclic) bond motifs is 1. The fraction of sp³-hybridized carbons (Fsp3) is 0.231. The van der Waals surface area contributed by atoms with Crippen LogP contribution in [0.1, 0.15) is 24.6 Å². The molecule has 0 fully saturated rings. The number of hydrazone groups is 1. The molecular formula is C26H27N7O2. The summed E-state index contributed by atoms with van der Waals surface area (Å²) in [5.74, 6) is 0.349. The zero-order valence-electron chi connectivity index (χ0n) is 19.7. The Morgan fingerprint density at radius 1 is 1.11 bits per heavy atom. The molecule has 0 unspecified atom stereocenters.